The topological polar surface area (TPSA) is 63.7 Å². The number of carbonyl (C=O) groups is 1. The largest absolute Gasteiger partial charge is 0.495 e. The van der Waals surface area contributed by atoms with E-state index in [-0.39, 0.29) is 23.6 Å². The monoisotopic (exact) mass is 345 g/mol. The Kier molecular flexibility index (Phi) is 4.09. The number of hydrogen-bond donors (Lipinski definition) is 0. The Bertz CT molecular complexity index is 919. The van der Waals surface area contributed by atoms with Gasteiger partial charge < -0.3 is 4.74 Å². The fraction of sp³-hybridized carbons (Fsp3) is 0.278. The molecule has 0 bridgehead atoms. The third kappa shape index (κ3) is 2.67. The molecule has 1 aliphatic rings. The number of rotatable bonds is 3. The Morgan fingerprint density at radius 3 is 2.42 bits per heavy atom. The third-order valence-corrected chi connectivity index (χ3v) is 5.98. The Morgan fingerprint density at radius 1 is 1.04 bits per heavy atom. The molecule has 0 saturated carbocycles. The summed E-state index contributed by atoms with van der Waals surface area (Å²) < 4.78 is 33.0. The van der Waals surface area contributed by atoms with Crippen LogP contribution in [0.5, 0.6) is 5.75 Å². The summed E-state index contributed by atoms with van der Waals surface area (Å²) in [6.45, 7) is 3.84. The highest BCUT2D eigenvalue weighted by molar-refractivity contribution is 7.93. The van der Waals surface area contributed by atoms with Gasteiger partial charge in [-0.1, -0.05) is 17.7 Å². The molecule has 24 heavy (non-hydrogen) atoms. The van der Waals surface area contributed by atoms with Crippen LogP contribution in [0, 0.1) is 13.8 Å². The van der Waals surface area contributed by atoms with Crippen molar-refractivity contribution in [2.24, 2.45) is 0 Å². The van der Waals surface area contributed by atoms with Crippen LogP contribution in [0.25, 0.3) is 0 Å². The number of aryl methyl sites for hydroxylation is 2. The van der Waals surface area contributed by atoms with E-state index in [1.165, 1.54) is 11.4 Å². The van der Waals surface area contributed by atoms with Gasteiger partial charge in [0.15, 0.2) is 5.78 Å². The van der Waals surface area contributed by atoms with Crippen molar-refractivity contribution in [1.29, 1.82) is 0 Å². The van der Waals surface area contributed by atoms with Crippen molar-refractivity contribution in [3.05, 3.63) is 53.1 Å². The molecule has 0 saturated heterocycles. The van der Waals surface area contributed by atoms with Crippen molar-refractivity contribution in [2.45, 2.75) is 25.2 Å². The standard InChI is InChI=1S/C18H19NO4S/c1-12-4-6-15-14(10-12)16(20)8-9-19(15)24(21,22)18-11-13(2)5-7-17(18)23-3/h4-7,10-11H,8-9H2,1-3H3. The van der Waals surface area contributed by atoms with Crippen LogP contribution in [0.3, 0.4) is 0 Å². The minimum atomic E-state index is -3.82. The van der Waals surface area contributed by atoms with E-state index in [0.29, 0.717) is 17.0 Å². The van der Waals surface area contributed by atoms with Gasteiger partial charge >= 0.3 is 0 Å². The normalized spacial score (nSPS) is 14.5. The molecule has 1 aliphatic heterocycles. The molecular weight excluding hydrogens is 326 g/mol. The molecule has 126 valence electrons. The highest BCUT2D eigenvalue weighted by Gasteiger charge is 2.34. The van der Waals surface area contributed by atoms with Gasteiger partial charge in [0, 0.05) is 18.5 Å². The Balaban J connectivity index is 2.18. The van der Waals surface area contributed by atoms with Crippen LogP contribution < -0.4 is 9.04 Å². The minimum absolute atomic E-state index is 0.0312. The van der Waals surface area contributed by atoms with E-state index in [9.17, 15) is 13.2 Å². The lowest BCUT2D eigenvalue weighted by Gasteiger charge is -2.30. The zero-order valence-electron chi connectivity index (χ0n) is 13.9. The average molecular weight is 345 g/mol. The average Bonchev–Trinajstić information content (AvgIpc) is 2.55. The Hall–Kier alpha value is -2.34. The second kappa shape index (κ2) is 5.94. The van der Waals surface area contributed by atoms with Gasteiger partial charge in [0.25, 0.3) is 10.0 Å². The van der Waals surface area contributed by atoms with Crippen LogP contribution in [-0.4, -0.2) is 27.9 Å². The highest BCUT2D eigenvalue weighted by Crippen LogP contribution is 2.35. The number of methoxy groups -OCH3 is 1. The number of nitrogens with zero attached hydrogens (tertiary/aromatic N) is 1. The van der Waals surface area contributed by atoms with Crippen molar-refractivity contribution in [3.8, 4) is 5.75 Å². The van der Waals surface area contributed by atoms with Crippen molar-refractivity contribution in [3.63, 3.8) is 0 Å². The summed E-state index contributed by atoms with van der Waals surface area (Å²) in [4.78, 5) is 12.3. The second-order valence-electron chi connectivity index (χ2n) is 5.93. The van der Waals surface area contributed by atoms with Crippen LogP contribution >= 0.6 is 0 Å². The summed E-state index contributed by atoms with van der Waals surface area (Å²) in [6.07, 6.45) is 0.170. The summed E-state index contributed by atoms with van der Waals surface area (Å²) in [5, 5.41) is 0. The van der Waals surface area contributed by atoms with Crippen LogP contribution in [0.15, 0.2) is 41.3 Å². The predicted octanol–water partition coefficient (Wildman–Crippen LogP) is 3.09. The number of ether oxygens (including phenoxy) is 1. The molecule has 0 N–H and O–H groups in total. The zero-order valence-corrected chi connectivity index (χ0v) is 14.7. The number of Topliss-reactive ketones (excluding diaryl/α,β-unsaturated/α-hetero) is 1. The lowest BCUT2D eigenvalue weighted by molar-refractivity contribution is 0.0982. The van der Waals surface area contributed by atoms with Crippen LogP contribution in [-0.2, 0) is 10.0 Å². The molecule has 2 aromatic rings. The summed E-state index contributed by atoms with van der Waals surface area (Å²) in [6, 6.07) is 10.3. The molecule has 3 rings (SSSR count). The van der Waals surface area contributed by atoms with E-state index >= 15 is 0 Å². The molecule has 0 fully saturated rings. The van der Waals surface area contributed by atoms with E-state index in [1.54, 1.807) is 30.3 Å². The molecule has 0 radical (unpaired) electrons. The molecule has 5 nitrogen and oxygen atoms in total. The second-order valence-corrected chi connectivity index (χ2v) is 7.76. The fourth-order valence-corrected chi connectivity index (χ4v) is 4.63. The van der Waals surface area contributed by atoms with Gasteiger partial charge in [-0.3, -0.25) is 9.10 Å². The zero-order chi connectivity index (χ0) is 17.5. The maximum absolute atomic E-state index is 13.2. The number of sulfonamides is 1. The first-order valence-corrected chi connectivity index (χ1v) is 9.10. The van der Waals surface area contributed by atoms with Crippen molar-refractivity contribution in [2.75, 3.05) is 18.0 Å². The molecular formula is C18H19NO4S. The van der Waals surface area contributed by atoms with Gasteiger partial charge in [-0.15, -0.1) is 0 Å². The molecule has 0 aliphatic carbocycles. The number of carbonyl (C=O) groups excluding carboxylic acids is 1. The van der Waals surface area contributed by atoms with E-state index in [1.807, 2.05) is 19.9 Å². The minimum Gasteiger partial charge on any atom is -0.495 e. The van der Waals surface area contributed by atoms with E-state index in [4.69, 9.17) is 4.74 Å². The van der Waals surface area contributed by atoms with Gasteiger partial charge in [0.2, 0.25) is 0 Å². The lowest BCUT2D eigenvalue weighted by atomic mass is 10.0. The van der Waals surface area contributed by atoms with Gasteiger partial charge in [-0.2, -0.15) is 0 Å². The SMILES string of the molecule is COc1ccc(C)cc1S(=O)(=O)N1CCC(=O)c2cc(C)ccc21. The first-order valence-electron chi connectivity index (χ1n) is 7.66. The molecule has 6 heteroatoms. The van der Waals surface area contributed by atoms with Crippen molar-refractivity contribution < 1.29 is 17.9 Å². The first kappa shape index (κ1) is 16.5. The molecule has 0 atom stereocenters. The number of fused-ring (bicyclic) bond motifs is 1. The molecule has 0 aromatic heterocycles. The first-order chi connectivity index (χ1) is 11.3. The highest BCUT2D eigenvalue weighted by atomic mass is 32.2. The number of hydrogen-bond acceptors (Lipinski definition) is 4. The molecule has 0 unspecified atom stereocenters. The maximum atomic E-state index is 13.2. The summed E-state index contributed by atoms with van der Waals surface area (Å²) in [5.74, 6) is 0.266. The van der Waals surface area contributed by atoms with E-state index in [2.05, 4.69) is 0 Å². The molecule has 1 heterocycles. The predicted molar refractivity (Wildman–Crippen MR) is 92.4 cm³/mol. The smallest absolute Gasteiger partial charge is 0.268 e. The Labute approximate surface area is 141 Å². The number of ketones is 1. The van der Waals surface area contributed by atoms with Crippen LogP contribution in [0.4, 0.5) is 5.69 Å². The fourth-order valence-electron chi connectivity index (χ4n) is 2.90. The summed E-state index contributed by atoms with van der Waals surface area (Å²) in [5.41, 5.74) is 2.64. The Morgan fingerprint density at radius 2 is 1.71 bits per heavy atom. The van der Waals surface area contributed by atoms with Crippen LogP contribution in [0.1, 0.15) is 27.9 Å². The number of benzene rings is 2. The summed E-state index contributed by atoms with van der Waals surface area (Å²) >= 11 is 0. The molecule has 0 spiro atoms. The van der Waals surface area contributed by atoms with Gasteiger partial charge in [-0.25, -0.2) is 8.42 Å². The maximum Gasteiger partial charge on any atom is 0.268 e. The number of anilines is 1. The summed E-state index contributed by atoms with van der Waals surface area (Å²) in [7, 11) is -2.38. The van der Waals surface area contributed by atoms with Crippen molar-refractivity contribution >= 4 is 21.5 Å². The van der Waals surface area contributed by atoms with Crippen molar-refractivity contribution in [1.82, 2.24) is 0 Å². The quantitative estimate of drug-likeness (QED) is 0.857. The van der Waals surface area contributed by atoms with Gasteiger partial charge in [0.05, 0.1) is 12.8 Å². The third-order valence-electron chi connectivity index (χ3n) is 4.15. The molecule has 0 amide bonds. The van der Waals surface area contributed by atoms with Gasteiger partial charge in [0.1, 0.15) is 10.6 Å². The van der Waals surface area contributed by atoms with Crippen LogP contribution in [0.2, 0.25) is 0 Å². The lowest BCUT2D eigenvalue weighted by Crippen LogP contribution is -2.37. The van der Waals surface area contributed by atoms with E-state index < -0.39 is 10.0 Å². The van der Waals surface area contributed by atoms with E-state index in [0.717, 1.165) is 11.1 Å². The van der Waals surface area contributed by atoms with Gasteiger partial charge in [-0.05, 0) is 43.7 Å². The molecule has 2 aromatic carbocycles.